The molecule has 0 atom stereocenters. The van der Waals surface area contributed by atoms with Gasteiger partial charge in [0.25, 0.3) is 0 Å². The fourth-order valence-electron chi connectivity index (χ4n) is 0.332. The Balaban J connectivity index is 3.66. The second-order valence-corrected chi connectivity index (χ2v) is 5.24. The SMILES string of the molecule is CC(C)O[O][Ti]([OH])([OH])[O]OC(C)C. The van der Waals surface area contributed by atoms with E-state index in [-0.39, 0.29) is 12.2 Å². The van der Waals surface area contributed by atoms with E-state index in [2.05, 4.69) is 16.7 Å². The Morgan fingerprint density at radius 2 is 1.15 bits per heavy atom. The average molecular weight is 232 g/mol. The van der Waals surface area contributed by atoms with Crippen LogP contribution < -0.4 is 0 Å². The fraction of sp³-hybridized carbons (Fsp3) is 1.00. The topological polar surface area (TPSA) is 77.4 Å². The van der Waals surface area contributed by atoms with E-state index >= 15 is 0 Å². The van der Waals surface area contributed by atoms with Crippen molar-refractivity contribution in [3.8, 4) is 0 Å². The molecule has 0 saturated carbocycles. The van der Waals surface area contributed by atoms with E-state index in [1.165, 1.54) is 0 Å². The van der Waals surface area contributed by atoms with Crippen molar-refractivity contribution < 1.29 is 42.2 Å². The molecule has 0 spiro atoms. The first-order valence-corrected chi connectivity index (χ1v) is 6.64. The molecule has 0 radical (unpaired) electrons. The van der Waals surface area contributed by atoms with Gasteiger partial charge >= 0.3 is 82.1 Å². The van der Waals surface area contributed by atoms with Crippen molar-refractivity contribution in [1.82, 2.24) is 0 Å². The average Bonchev–Trinajstić information content (AvgIpc) is 1.98. The monoisotopic (exact) mass is 232 g/mol. The van der Waals surface area contributed by atoms with Crippen LogP contribution in [0.3, 0.4) is 0 Å². The molecule has 0 aliphatic rings. The van der Waals surface area contributed by atoms with Crippen LogP contribution in [0.1, 0.15) is 27.7 Å². The minimum absolute atomic E-state index is 0.271. The fourth-order valence-corrected chi connectivity index (χ4v) is 1.37. The van der Waals surface area contributed by atoms with Crippen molar-refractivity contribution in [1.29, 1.82) is 0 Å². The molecule has 0 aromatic rings. The molecule has 13 heavy (non-hydrogen) atoms. The van der Waals surface area contributed by atoms with Crippen LogP contribution in [0.5, 0.6) is 0 Å². The summed E-state index contributed by atoms with van der Waals surface area (Å²) in [6.45, 7) is 6.73. The predicted molar refractivity (Wildman–Crippen MR) is 39.0 cm³/mol. The standard InChI is InChI=1S/2C3H8O2.2H2O.Ti/c2*1-3(2)5-4;;;/h2*3-4H,1-2H3;2*1H2;/q;;;;+4/p-4. The normalized spacial score (nSPS) is 12.9. The second-order valence-electron chi connectivity index (χ2n) is 3.01. The van der Waals surface area contributed by atoms with Crippen LogP contribution in [0.2, 0.25) is 0 Å². The summed E-state index contributed by atoms with van der Waals surface area (Å²) in [4.78, 5) is 9.03. The summed E-state index contributed by atoms with van der Waals surface area (Å²) in [6, 6.07) is 0. The van der Waals surface area contributed by atoms with Crippen molar-refractivity contribution in [3.63, 3.8) is 0 Å². The van der Waals surface area contributed by atoms with Crippen molar-refractivity contribution >= 4 is 0 Å². The van der Waals surface area contributed by atoms with Crippen LogP contribution in [0, 0.1) is 0 Å². The summed E-state index contributed by atoms with van der Waals surface area (Å²) in [7, 11) is 0. The van der Waals surface area contributed by atoms with Gasteiger partial charge in [-0.1, -0.05) is 0 Å². The third-order valence-corrected chi connectivity index (χ3v) is 1.68. The maximum absolute atomic E-state index is 9.06. The van der Waals surface area contributed by atoms with E-state index in [4.69, 9.17) is 7.38 Å². The van der Waals surface area contributed by atoms with Crippen LogP contribution >= 0.6 is 0 Å². The molecular formula is C6H16O6Ti. The van der Waals surface area contributed by atoms with E-state index in [1.807, 2.05) is 0 Å². The molecule has 0 aliphatic heterocycles. The van der Waals surface area contributed by atoms with E-state index in [1.54, 1.807) is 27.7 Å². The third kappa shape index (κ3) is 8.79. The number of hydrogen-bond donors (Lipinski definition) is 2. The van der Waals surface area contributed by atoms with Gasteiger partial charge in [-0.25, -0.2) is 0 Å². The molecule has 7 heteroatoms. The first-order chi connectivity index (χ1) is 5.83. The Labute approximate surface area is 82.5 Å². The van der Waals surface area contributed by atoms with Gasteiger partial charge in [0, 0.05) is 0 Å². The summed E-state index contributed by atoms with van der Waals surface area (Å²) in [5, 5.41) is 0. The molecule has 2 N–H and O–H groups in total. The van der Waals surface area contributed by atoms with E-state index in [0.29, 0.717) is 0 Å². The molecule has 0 aromatic heterocycles. The first-order valence-electron chi connectivity index (χ1n) is 3.97. The van der Waals surface area contributed by atoms with Crippen LogP contribution in [0.25, 0.3) is 0 Å². The van der Waals surface area contributed by atoms with Gasteiger partial charge in [-0.05, 0) is 0 Å². The molecule has 0 fully saturated rings. The Hall–Kier alpha value is 0.474. The van der Waals surface area contributed by atoms with E-state index in [0.717, 1.165) is 0 Å². The zero-order valence-corrected chi connectivity index (χ0v) is 9.74. The van der Waals surface area contributed by atoms with Gasteiger partial charge in [-0.3, -0.25) is 0 Å². The molecule has 6 nitrogen and oxygen atoms in total. The van der Waals surface area contributed by atoms with Gasteiger partial charge < -0.3 is 0 Å². The molecule has 0 saturated heterocycles. The van der Waals surface area contributed by atoms with Gasteiger partial charge in [-0.15, -0.1) is 0 Å². The van der Waals surface area contributed by atoms with Crippen molar-refractivity contribution in [2.75, 3.05) is 0 Å². The molecular weight excluding hydrogens is 216 g/mol. The first kappa shape index (κ1) is 13.5. The Kier molecular flexibility index (Phi) is 6.27. The van der Waals surface area contributed by atoms with Gasteiger partial charge in [-0.2, -0.15) is 0 Å². The summed E-state index contributed by atoms with van der Waals surface area (Å²) < 4.78 is 26.7. The zero-order chi connectivity index (χ0) is 10.5. The van der Waals surface area contributed by atoms with Crippen molar-refractivity contribution in [2.24, 2.45) is 0 Å². The van der Waals surface area contributed by atoms with E-state index in [9.17, 15) is 0 Å². The van der Waals surface area contributed by atoms with Gasteiger partial charge in [0.2, 0.25) is 0 Å². The molecule has 0 bridgehead atoms. The zero-order valence-electron chi connectivity index (χ0n) is 8.18. The maximum atomic E-state index is 9.06. The summed E-state index contributed by atoms with van der Waals surface area (Å²) in [5.41, 5.74) is 0. The van der Waals surface area contributed by atoms with Crippen LogP contribution in [-0.2, 0) is 34.9 Å². The number of hydrogen-bond acceptors (Lipinski definition) is 6. The Morgan fingerprint density at radius 3 is 1.38 bits per heavy atom. The predicted octanol–water partition coefficient (Wildman–Crippen LogP) is 0.498. The molecule has 0 unspecified atom stereocenters. The Morgan fingerprint density at radius 1 is 0.846 bits per heavy atom. The molecule has 0 amide bonds. The van der Waals surface area contributed by atoms with Crippen molar-refractivity contribution in [3.05, 3.63) is 0 Å². The summed E-state index contributed by atoms with van der Waals surface area (Å²) >= 11 is -4.76. The minimum atomic E-state index is -4.76. The Bertz CT molecular complexity index is 123. The van der Waals surface area contributed by atoms with Gasteiger partial charge in [0.1, 0.15) is 0 Å². The second kappa shape index (κ2) is 6.05. The van der Waals surface area contributed by atoms with Crippen LogP contribution in [0.15, 0.2) is 0 Å². The molecule has 80 valence electrons. The summed E-state index contributed by atoms with van der Waals surface area (Å²) in [5.74, 6) is 0. The molecule has 0 rings (SSSR count). The third-order valence-electron chi connectivity index (χ3n) is 0.698. The van der Waals surface area contributed by atoms with Crippen molar-refractivity contribution in [2.45, 2.75) is 39.9 Å². The number of rotatable bonds is 6. The van der Waals surface area contributed by atoms with Crippen LogP contribution in [-0.4, -0.2) is 19.6 Å². The summed E-state index contributed by atoms with van der Waals surface area (Å²) in [6.07, 6.45) is -0.543. The van der Waals surface area contributed by atoms with Gasteiger partial charge in [0.15, 0.2) is 0 Å². The molecule has 0 heterocycles. The molecule has 0 aromatic carbocycles. The van der Waals surface area contributed by atoms with Gasteiger partial charge in [0.05, 0.1) is 0 Å². The molecule has 0 aliphatic carbocycles. The van der Waals surface area contributed by atoms with Crippen LogP contribution in [0.4, 0.5) is 0 Å². The quantitative estimate of drug-likeness (QED) is 0.394. The van der Waals surface area contributed by atoms with E-state index < -0.39 is 18.1 Å².